The first-order valence-corrected chi connectivity index (χ1v) is 10.7. The third kappa shape index (κ3) is 4.09. The Kier molecular flexibility index (Phi) is 5.72. The number of carbonyl (C=O) groups is 1. The zero-order valence-corrected chi connectivity index (χ0v) is 17.0. The van der Waals surface area contributed by atoms with Gasteiger partial charge in [-0.1, -0.05) is 48.5 Å². The largest absolute Gasteiger partial charge is 0.371 e. The average Bonchev–Trinajstić information content (AvgIpc) is 3.25. The van der Waals surface area contributed by atoms with Gasteiger partial charge in [-0.05, 0) is 30.9 Å². The molecule has 1 aliphatic heterocycles. The van der Waals surface area contributed by atoms with Crippen LogP contribution < -0.4 is 4.90 Å². The summed E-state index contributed by atoms with van der Waals surface area (Å²) >= 11 is 1.51. The first-order valence-electron chi connectivity index (χ1n) is 9.81. The average molecular weight is 392 g/mol. The Balaban J connectivity index is 1.49. The van der Waals surface area contributed by atoms with Gasteiger partial charge in [-0.25, -0.2) is 4.98 Å². The summed E-state index contributed by atoms with van der Waals surface area (Å²) in [5.41, 5.74) is 4.01. The molecular formula is C23H25N3OS. The van der Waals surface area contributed by atoms with E-state index < -0.39 is 0 Å². The second-order valence-corrected chi connectivity index (χ2v) is 8.10. The van der Waals surface area contributed by atoms with E-state index in [1.165, 1.54) is 41.9 Å². The molecule has 0 unspecified atom stereocenters. The predicted octanol–water partition coefficient (Wildman–Crippen LogP) is 5.07. The zero-order chi connectivity index (χ0) is 19.3. The van der Waals surface area contributed by atoms with Crippen LogP contribution in [0.1, 0.15) is 35.3 Å². The number of para-hydroxylation sites is 1. The van der Waals surface area contributed by atoms with Crippen LogP contribution in [-0.2, 0) is 6.54 Å². The van der Waals surface area contributed by atoms with Gasteiger partial charge in [-0.3, -0.25) is 4.79 Å². The number of nitrogens with zero attached hydrogens (tertiary/aromatic N) is 3. The lowest BCUT2D eigenvalue weighted by molar-refractivity contribution is 0.0780. The van der Waals surface area contributed by atoms with Crippen LogP contribution in [0.25, 0.3) is 10.6 Å². The minimum Gasteiger partial charge on any atom is -0.371 e. The molecule has 3 aromatic rings. The van der Waals surface area contributed by atoms with E-state index in [1.807, 2.05) is 42.8 Å². The van der Waals surface area contributed by atoms with Crippen molar-refractivity contribution >= 4 is 22.9 Å². The smallest absolute Gasteiger partial charge is 0.273 e. The third-order valence-corrected chi connectivity index (χ3v) is 6.08. The molecule has 0 bridgehead atoms. The molecule has 1 amide bonds. The van der Waals surface area contributed by atoms with Crippen molar-refractivity contribution < 1.29 is 4.79 Å². The zero-order valence-electron chi connectivity index (χ0n) is 16.2. The van der Waals surface area contributed by atoms with Gasteiger partial charge in [0.1, 0.15) is 10.7 Å². The van der Waals surface area contributed by atoms with Crippen molar-refractivity contribution in [1.29, 1.82) is 0 Å². The number of benzene rings is 2. The van der Waals surface area contributed by atoms with E-state index in [4.69, 9.17) is 0 Å². The third-order valence-electron chi connectivity index (χ3n) is 5.19. The minimum atomic E-state index is -0.0353. The lowest BCUT2D eigenvalue weighted by atomic mass is 10.1. The van der Waals surface area contributed by atoms with Gasteiger partial charge >= 0.3 is 0 Å². The molecule has 0 radical (unpaired) electrons. The number of piperidine rings is 1. The fraction of sp³-hybridized carbons (Fsp3) is 0.304. The topological polar surface area (TPSA) is 36.4 Å². The number of hydrogen-bond donors (Lipinski definition) is 0. The Hall–Kier alpha value is -2.66. The van der Waals surface area contributed by atoms with Crippen LogP contribution in [0.3, 0.4) is 0 Å². The minimum absolute atomic E-state index is 0.0353. The normalized spacial score (nSPS) is 14.1. The van der Waals surface area contributed by atoms with Gasteiger partial charge in [0.25, 0.3) is 5.91 Å². The van der Waals surface area contributed by atoms with Crippen molar-refractivity contribution in [3.05, 3.63) is 71.2 Å². The molecule has 0 aliphatic carbocycles. The van der Waals surface area contributed by atoms with E-state index in [0.717, 1.165) is 23.7 Å². The van der Waals surface area contributed by atoms with Gasteiger partial charge in [0.05, 0.1) is 0 Å². The molecule has 144 valence electrons. The maximum atomic E-state index is 12.9. The summed E-state index contributed by atoms with van der Waals surface area (Å²) in [5.74, 6) is -0.0353. The van der Waals surface area contributed by atoms with Crippen molar-refractivity contribution in [2.75, 3.05) is 25.0 Å². The van der Waals surface area contributed by atoms with E-state index >= 15 is 0 Å². The molecule has 28 heavy (non-hydrogen) atoms. The summed E-state index contributed by atoms with van der Waals surface area (Å²) in [6.07, 6.45) is 3.79. The van der Waals surface area contributed by atoms with Crippen LogP contribution in [0.15, 0.2) is 60.0 Å². The molecule has 0 N–H and O–H groups in total. The Morgan fingerprint density at radius 2 is 1.75 bits per heavy atom. The van der Waals surface area contributed by atoms with Gasteiger partial charge in [-0.2, -0.15) is 0 Å². The van der Waals surface area contributed by atoms with Crippen molar-refractivity contribution in [2.45, 2.75) is 25.8 Å². The van der Waals surface area contributed by atoms with Gasteiger partial charge in [0.15, 0.2) is 0 Å². The fourth-order valence-corrected chi connectivity index (χ4v) is 4.50. The van der Waals surface area contributed by atoms with Gasteiger partial charge in [0.2, 0.25) is 0 Å². The highest BCUT2D eigenvalue weighted by Crippen LogP contribution is 2.27. The molecule has 1 saturated heterocycles. The summed E-state index contributed by atoms with van der Waals surface area (Å²) < 4.78 is 0. The molecular weight excluding hydrogens is 366 g/mol. The van der Waals surface area contributed by atoms with Gasteiger partial charge < -0.3 is 9.80 Å². The standard InChI is InChI=1S/C23H25N3OS/c1-25(16-19-12-6-7-13-21(19)26-14-8-3-9-15-26)23(27)20-17-28-22(24-20)18-10-4-2-5-11-18/h2,4-7,10-13,17H,3,8-9,14-16H2,1H3. The highest BCUT2D eigenvalue weighted by molar-refractivity contribution is 7.13. The molecule has 2 heterocycles. The molecule has 0 spiro atoms. The van der Waals surface area contributed by atoms with Crippen molar-refractivity contribution in [3.63, 3.8) is 0 Å². The van der Waals surface area contributed by atoms with Crippen LogP contribution in [0.2, 0.25) is 0 Å². The maximum Gasteiger partial charge on any atom is 0.273 e. The Bertz CT molecular complexity index is 932. The van der Waals surface area contributed by atoms with Crippen LogP contribution in [0, 0.1) is 0 Å². The number of anilines is 1. The van der Waals surface area contributed by atoms with E-state index in [-0.39, 0.29) is 5.91 Å². The van der Waals surface area contributed by atoms with E-state index in [9.17, 15) is 4.79 Å². The second kappa shape index (κ2) is 8.57. The maximum absolute atomic E-state index is 12.9. The van der Waals surface area contributed by atoms with E-state index in [2.05, 4.69) is 34.1 Å². The second-order valence-electron chi connectivity index (χ2n) is 7.24. The number of aromatic nitrogens is 1. The number of thiazole rings is 1. The number of amides is 1. The first-order chi connectivity index (χ1) is 13.7. The molecule has 4 rings (SSSR count). The number of rotatable bonds is 5. The summed E-state index contributed by atoms with van der Waals surface area (Å²) in [7, 11) is 1.86. The van der Waals surface area contributed by atoms with Crippen molar-refractivity contribution in [1.82, 2.24) is 9.88 Å². The Morgan fingerprint density at radius 1 is 1.04 bits per heavy atom. The van der Waals surface area contributed by atoms with Gasteiger partial charge in [-0.15, -0.1) is 11.3 Å². The Labute approximate surface area is 170 Å². The summed E-state index contributed by atoms with van der Waals surface area (Å²) in [6, 6.07) is 18.4. The predicted molar refractivity (Wildman–Crippen MR) is 116 cm³/mol. The molecule has 0 saturated carbocycles. The van der Waals surface area contributed by atoms with Crippen molar-refractivity contribution in [2.24, 2.45) is 0 Å². The van der Waals surface area contributed by atoms with Crippen LogP contribution in [-0.4, -0.2) is 35.9 Å². The lowest BCUT2D eigenvalue weighted by Crippen LogP contribution is -2.32. The molecule has 4 nitrogen and oxygen atoms in total. The number of hydrogen-bond acceptors (Lipinski definition) is 4. The number of carbonyl (C=O) groups excluding carboxylic acids is 1. The molecule has 2 aromatic carbocycles. The quantitative estimate of drug-likeness (QED) is 0.609. The van der Waals surface area contributed by atoms with E-state index in [0.29, 0.717) is 12.2 Å². The molecule has 1 fully saturated rings. The molecule has 5 heteroatoms. The SMILES string of the molecule is CN(Cc1ccccc1N1CCCCC1)C(=O)c1csc(-c2ccccc2)n1. The highest BCUT2D eigenvalue weighted by Gasteiger charge is 2.19. The Morgan fingerprint density at radius 3 is 2.54 bits per heavy atom. The van der Waals surface area contributed by atoms with Crippen LogP contribution in [0.5, 0.6) is 0 Å². The molecule has 0 atom stereocenters. The van der Waals surface area contributed by atoms with Crippen molar-refractivity contribution in [3.8, 4) is 10.6 Å². The van der Waals surface area contributed by atoms with Crippen LogP contribution >= 0.6 is 11.3 Å². The summed E-state index contributed by atoms with van der Waals surface area (Å²) in [4.78, 5) is 21.7. The highest BCUT2D eigenvalue weighted by atomic mass is 32.1. The van der Waals surface area contributed by atoms with Crippen LogP contribution in [0.4, 0.5) is 5.69 Å². The lowest BCUT2D eigenvalue weighted by Gasteiger charge is -2.31. The van der Waals surface area contributed by atoms with Gasteiger partial charge in [0, 0.05) is 43.3 Å². The summed E-state index contributed by atoms with van der Waals surface area (Å²) in [5, 5.41) is 2.74. The molecule has 1 aliphatic rings. The fourth-order valence-electron chi connectivity index (χ4n) is 3.70. The first kappa shape index (κ1) is 18.7. The summed E-state index contributed by atoms with van der Waals surface area (Å²) in [6.45, 7) is 2.78. The molecule has 1 aromatic heterocycles. The van der Waals surface area contributed by atoms with E-state index in [1.54, 1.807) is 4.90 Å². The monoisotopic (exact) mass is 391 g/mol.